The normalized spacial score (nSPS) is 11.1. The van der Waals surface area contributed by atoms with E-state index in [1.165, 1.54) is 12.1 Å². The van der Waals surface area contributed by atoms with Crippen molar-refractivity contribution in [2.45, 2.75) is 5.92 Å². The Kier molecular flexibility index (Phi) is 3.04. The summed E-state index contributed by atoms with van der Waals surface area (Å²) in [5, 5.41) is 8.40. The molecule has 0 saturated heterocycles. The Balaban J connectivity index is 3.05. The molecule has 1 N–H and O–H groups in total. The lowest BCUT2D eigenvalue weighted by atomic mass is 10.1. The summed E-state index contributed by atoms with van der Waals surface area (Å²) < 4.78 is 25.5. The zero-order valence-electron chi connectivity index (χ0n) is 7.21. The molecule has 0 amide bonds. The first-order chi connectivity index (χ1) is 6.85. The molecular formula is C9H5ClF2O3. The molecule has 15 heavy (non-hydrogen) atoms. The van der Waals surface area contributed by atoms with E-state index in [0.29, 0.717) is 0 Å². The minimum absolute atomic E-state index is 0.269. The molecular weight excluding hydrogens is 230 g/mol. The van der Waals surface area contributed by atoms with Gasteiger partial charge in [-0.1, -0.05) is 11.6 Å². The average Bonchev–Trinajstić information content (AvgIpc) is 2.17. The summed E-state index contributed by atoms with van der Waals surface area (Å²) in [6.07, 6.45) is 0. The molecule has 0 fully saturated rings. The molecule has 0 aliphatic heterocycles. The van der Waals surface area contributed by atoms with Gasteiger partial charge in [0.15, 0.2) is 0 Å². The molecule has 0 unspecified atom stereocenters. The van der Waals surface area contributed by atoms with E-state index < -0.39 is 23.2 Å². The van der Waals surface area contributed by atoms with Crippen molar-refractivity contribution in [3.63, 3.8) is 0 Å². The van der Waals surface area contributed by atoms with Crippen LogP contribution in [0.1, 0.15) is 10.4 Å². The molecule has 3 nitrogen and oxygen atoms in total. The Morgan fingerprint density at radius 2 is 1.67 bits per heavy atom. The van der Waals surface area contributed by atoms with E-state index in [1.807, 2.05) is 0 Å². The van der Waals surface area contributed by atoms with Gasteiger partial charge >= 0.3 is 11.9 Å². The van der Waals surface area contributed by atoms with E-state index >= 15 is 0 Å². The van der Waals surface area contributed by atoms with E-state index in [0.717, 1.165) is 12.1 Å². The first-order valence-electron chi connectivity index (χ1n) is 3.77. The lowest BCUT2D eigenvalue weighted by molar-refractivity contribution is -0.157. The number of carbonyl (C=O) groups is 2. The van der Waals surface area contributed by atoms with Gasteiger partial charge in [0.25, 0.3) is 0 Å². The Morgan fingerprint density at radius 1 is 1.20 bits per heavy atom. The minimum atomic E-state index is -4.41. The number of benzene rings is 1. The highest BCUT2D eigenvalue weighted by molar-refractivity contribution is 6.30. The fourth-order valence-electron chi connectivity index (χ4n) is 0.880. The molecule has 1 rings (SSSR count). The minimum Gasteiger partial charge on any atom is -0.476 e. The summed E-state index contributed by atoms with van der Waals surface area (Å²) in [5.74, 6) is -8.64. The van der Waals surface area contributed by atoms with Crippen LogP contribution in [0.3, 0.4) is 0 Å². The summed E-state index contributed by atoms with van der Waals surface area (Å²) in [6, 6.07) is 4.54. The van der Waals surface area contributed by atoms with Gasteiger partial charge in [0.05, 0.1) is 0 Å². The molecule has 0 atom stereocenters. The smallest absolute Gasteiger partial charge is 0.404 e. The van der Waals surface area contributed by atoms with Crippen molar-refractivity contribution in [1.82, 2.24) is 0 Å². The summed E-state index contributed by atoms with van der Waals surface area (Å²) in [4.78, 5) is 21.2. The van der Waals surface area contributed by atoms with Gasteiger partial charge in [-0.15, -0.1) is 0 Å². The molecule has 0 aliphatic carbocycles. The topological polar surface area (TPSA) is 54.4 Å². The summed E-state index contributed by atoms with van der Waals surface area (Å²) >= 11 is 5.48. The van der Waals surface area contributed by atoms with Gasteiger partial charge in [-0.05, 0) is 24.3 Å². The first kappa shape index (κ1) is 11.6. The number of Topliss-reactive ketones (excluding diaryl/α,β-unsaturated/α-hetero) is 1. The van der Waals surface area contributed by atoms with Crippen molar-refractivity contribution in [1.29, 1.82) is 0 Å². The summed E-state index contributed by atoms with van der Waals surface area (Å²) in [6.45, 7) is 0. The molecule has 1 aromatic rings. The number of aliphatic carboxylic acids is 1. The van der Waals surface area contributed by atoms with Gasteiger partial charge < -0.3 is 5.11 Å². The monoisotopic (exact) mass is 234 g/mol. The van der Waals surface area contributed by atoms with Crippen molar-refractivity contribution in [2.24, 2.45) is 0 Å². The SMILES string of the molecule is O=C(O)C(F)(F)C(=O)c1ccc(Cl)cc1. The number of alkyl halides is 2. The van der Waals surface area contributed by atoms with Crippen LogP contribution in [0.5, 0.6) is 0 Å². The highest BCUT2D eigenvalue weighted by Crippen LogP contribution is 2.21. The zero-order valence-corrected chi connectivity index (χ0v) is 7.96. The number of rotatable bonds is 3. The van der Waals surface area contributed by atoms with Gasteiger partial charge in [-0.25, -0.2) is 4.79 Å². The Hall–Kier alpha value is -1.49. The second-order valence-corrected chi connectivity index (χ2v) is 3.15. The van der Waals surface area contributed by atoms with Crippen molar-refractivity contribution >= 4 is 23.4 Å². The van der Waals surface area contributed by atoms with E-state index in [9.17, 15) is 18.4 Å². The maximum absolute atomic E-state index is 12.7. The van der Waals surface area contributed by atoms with Crippen molar-refractivity contribution < 1.29 is 23.5 Å². The number of carboxylic acids is 1. The van der Waals surface area contributed by atoms with Gasteiger partial charge in [0.1, 0.15) is 0 Å². The maximum Gasteiger partial charge on any atom is 0.404 e. The molecule has 0 aromatic heterocycles. The van der Waals surface area contributed by atoms with Crippen molar-refractivity contribution in [3.05, 3.63) is 34.9 Å². The molecule has 1 aromatic carbocycles. The third kappa shape index (κ3) is 2.30. The maximum atomic E-state index is 12.7. The zero-order chi connectivity index (χ0) is 11.6. The van der Waals surface area contributed by atoms with Crippen LogP contribution in [-0.2, 0) is 4.79 Å². The molecule has 0 saturated carbocycles. The average molecular weight is 235 g/mol. The third-order valence-corrected chi connectivity index (χ3v) is 1.91. The first-order valence-corrected chi connectivity index (χ1v) is 4.15. The van der Waals surface area contributed by atoms with Crippen LogP contribution in [0.15, 0.2) is 24.3 Å². The Bertz CT molecular complexity index is 400. The molecule has 0 radical (unpaired) electrons. The summed E-state index contributed by atoms with van der Waals surface area (Å²) in [5.41, 5.74) is -0.396. The van der Waals surface area contributed by atoms with Gasteiger partial charge in [-0.3, -0.25) is 4.79 Å². The van der Waals surface area contributed by atoms with E-state index in [1.54, 1.807) is 0 Å². The summed E-state index contributed by atoms with van der Waals surface area (Å²) in [7, 11) is 0. The van der Waals surface area contributed by atoms with Crippen LogP contribution in [0.4, 0.5) is 8.78 Å². The van der Waals surface area contributed by atoms with Crippen LogP contribution >= 0.6 is 11.6 Å². The lowest BCUT2D eigenvalue weighted by Crippen LogP contribution is -2.37. The fourth-order valence-corrected chi connectivity index (χ4v) is 1.01. The van der Waals surface area contributed by atoms with E-state index in [-0.39, 0.29) is 5.02 Å². The number of halogens is 3. The van der Waals surface area contributed by atoms with Crippen LogP contribution in [-0.4, -0.2) is 22.8 Å². The molecule has 0 aliphatic rings. The van der Waals surface area contributed by atoms with Gasteiger partial charge in [0, 0.05) is 10.6 Å². The second kappa shape index (κ2) is 3.94. The van der Waals surface area contributed by atoms with Crippen LogP contribution in [0.2, 0.25) is 5.02 Å². The highest BCUT2D eigenvalue weighted by atomic mass is 35.5. The van der Waals surface area contributed by atoms with Gasteiger partial charge in [-0.2, -0.15) is 8.78 Å². The number of hydrogen-bond donors (Lipinski definition) is 1. The molecule has 0 heterocycles. The molecule has 0 bridgehead atoms. The Morgan fingerprint density at radius 3 is 2.07 bits per heavy atom. The largest absolute Gasteiger partial charge is 0.476 e. The van der Waals surface area contributed by atoms with E-state index in [4.69, 9.17) is 16.7 Å². The molecule has 0 spiro atoms. The fraction of sp³-hybridized carbons (Fsp3) is 0.111. The van der Waals surface area contributed by atoms with Crippen LogP contribution in [0, 0.1) is 0 Å². The Labute approximate surface area is 88.3 Å². The van der Waals surface area contributed by atoms with Crippen molar-refractivity contribution in [3.8, 4) is 0 Å². The second-order valence-electron chi connectivity index (χ2n) is 2.72. The van der Waals surface area contributed by atoms with Crippen LogP contribution in [0.25, 0.3) is 0 Å². The predicted octanol–water partition coefficient (Wildman–Crippen LogP) is 2.24. The number of hydrogen-bond acceptors (Lipinski definition) is 2. The lowest BCUT2D eigenvalue weighted by Gasteiger charge is -2.09. The molecule has 6 heteroatoms. The quantitative estimate of drug-likeness (QED) is 0.645. The number of carbonyl (C=O) groups excluding carboxylic acids is 1. The third-order valence-electron chi connectivity index (χ3n) is 1.66. The van der Waals surface area contributed by atoms with Crippen LogP contribution < -0.4 is 0 Å². The molecule has 80 valence electrons. The standard InChI is InChI=1S/C9H5ClF2O3/c10-6-3-1-5(2-4-6)7(13)9(11,12)8(14)15/h1-4H,(H,14,15). The van der Waals surface area contributed by atoms with Gasteiger partial charge in [0.2, 0.25) is 5.78 Å². The highest BCUT2D eigenvalue weighted by Gasteiger charge is 2.47. The van der Waals surface area contributed by atoms with Crippen molar-refractivity contribution in [2.75, 3.05) is 0 Å². The predicted molar refractivity (Wildman–Crippen MR) is 48.4 cm³/mol. The van der Waals surface area contributed by atoms with E-state index in [2.05, 4.69) is 0 Å². The number of ketones is 1. The number of carboxylic acid groups (broad SMARTS) is 1.